The lowest BCUT2D eigenvalue weighted by molar-refractivity contribution is 0.384. The van der Waals surface area contributed by atoms with Crippen molar-refractivity contribution in [3.63, 3.8) is 0 Å². The lowest BCUT2D eigenvalue weighted by Gasteiger charge is -2.02. The van der Waals surface area contributed by atoms with Gasteiger partial charge in [0.1, 0.15) is 5.75 Å². The van der Waals surface area contributed by atoms with Crippen LogP contribution in [0.2, 0.25) is 0 Å². The summed E-state index contributed by atoms with van der Waals surface area (Å²) in [5.41, 5.74) is 2.28. The number of aromatic nitrogens is 2. The maximum atomic E-state index is 8.89. The second kappa shape index (κ2) is 6.62. The van der Waals surface area contributed by atoms with Crippen LogP contribution >= 0.6 is 0 Å². The van der Waals surface area contributed by atoms with E-state index in [1.165, 1.54) is 0 Å². The smallest absolute Gasteiger partial charge is 0.246 e. The minimum Gasteiger partial charge on any atom is -0.497 e. The first-order chi connectivity index (χ1) is 11.3. The number of hydrogen-bond donors (Lipinski definition) is 1. The SMILES string of the molecule is COc1ccc(-c2noc(CNc3cccc(C#N)c3)n2)cc1. The third kappa shape index (κ3) is 3.47. The van der Waals surface area contributed by atoms with E-state index < -0.39 is 0 Å². The zero-order valence-electron chi connectivity index (χ0n) is 12.5. The summed E-state index contributed by atoms with van der Waals surface area (Å²) in [6, 6.07) is 16.7. The van der Waals surface area contributed by atoms with E-state index in [0.29, 0.717) is 23.8 Å². The summed E-state index contributed by atoms with van der Waals surface area (Å²) in [6.45, 7) is 0.387. The van der Waals surface area contributed by atoms with Crippen LogP contribution in [0.4, 0.5) is 5.69 Å². The molecule has 0 bridgehead atoms. The molecule has 1 heterocycles. The molecule has 0 atom stereocenters. The minimum atomic E-state index is 0.387. The van der Waals surface area contributed by atoms with Gasteiger partial charge in [-0.15, -0.1) is 0 Å². The number of benzene rings is 2. The van der Waals surface area contributed by atoms with Gasteiger partial charge in [-0.2, -0.15) is 10.2 Å². The first-order valence-corrected chi connectivity index (χ1v) is 6.99. The molecule has 0 saturated carbocycles. The van der Waals surface area contributed by atoms with Gasteiger partial charge in [0, 0.05) is 11.3 Å². The second-order valence-corrected chi connectivity index (χ2v) is 4.79. The fourth-order valence-electron chi connectivity index (χ4n) is 2.06. The molecule has 0 aliphatic heterocycles. The number of anilines is 1. The molecule has 1 N–H and O–H groups in total. The quantitative estimate of drug-likeness (QED) is 0.779. The normalized spacial score (nSPS) is 10.1. The summed E-state index contributed by atoms with van der Waals surface area (Å²) in [4.78, 5) is 4.35. The van der Waals surface area contributed by atoms with Gasteiger partial charge in [-0.1, -0.05) is 11.2 Å². The van der Waals surface area contributed by atoms with Crippen LogP contribution in [0.25, 0.3) is 11.4 Å². The zero-order valence-corrected chi connectivity index (χ0v) is 12.5. The van der Waals surface area contributed by atoms with Gasteiger partial charge >= 0.3 is 0 Å². The molecule has 3 aromatic rings. The number of nitrogens with one attached hydrogen (secondary N) is 1. The summed E-state index contributed by atoms with van der Waals surface area (Å²) in [7, 11) is 1.62. The first-order valence-electron chi connectivity index (χ1n) is 6.99. The van der Waals surface area contributed by atoms with Crippen LogP contribution in [0.5, 0.6) is 5.75 Å². The fraction of sp³-hybridized carbons (Fsp3) is 0.118. The van der Waals surface area contributed by atoms with E-state index in [-0.39, 0.29) is 0 Å². The van der Waals surface area contributed by atoms with Crippen molar-refractivity contribution < 1.29 is 9.26 Å². The molecule has 0 saturated heterocycles. The lowest BCUT2D eigenvalue weighted by atomic mass is 10.2. The topological polar surface area (TPSA) is 84.0 Å². The van der Waals surface area contributed by atoms with Crippen molar-refractivity contribution >= 4 is 5.69 Å². The Kier molecular flexibility index (Phi) is 4.20. The highest BCUT2D eigenvalue weighted by Crippen LogP contribution is 2.20. The Morgan fingerprint density at radius 1 is 1.22 bits per heavy atom. The molecular formula is C17H14N4O2. The molecule has 0 radical (unpaired) electrons. The predicted octanol–water partition coefficient (Wildman–Crippen LogP) is 3.23. The van der Waals surface area contributed by atoms with Gasteiger partial charge in [0.2, 0.25) is 11.7 Å². The maximum Gasteiger partial charge on any atom is 0.246 e. The van der Waals surface area contributed by atoms with Crippen molar-refractivity contribution in [1.29, 1.82) is 5.26 Å². The largest absolute Gasteiger partial charge is 0.497 e. The van der Waals surface area contributed by atoms with Crippen LogP contribution in [0.3, 0.4) is 0 Å². The van der Waals surface area contributed by atoms with Gasteiger partial charge in [0.25, 0.3) is 0 Å². The number of rotatable bonds is 5. The summed E-state index contributed by atoms with van der Waals surface area (Å²) in [5, 5.41) is 16.0. The van der Waals surface area contributed by atoms with Gasteiger partial charge in [-0.05, 0) is 42.5 Å². The molecule has 23 heavy (non-hydrogen) atoms. The van der Waals surface area contributed by atoms with Crippen LogP contribution in [0.1, 0.15) is 11.5 Å². The Balaban J connectivity index is 1.68. The van der Waals surface area contributed by atoms with Crippen molar-refractivity contribution in [2.75, 3.05) is 12.4 Å². The highest BCUT2D eigenvalue weighted by Gasteiger charge is 2.08. The molecule has 6 heteroatoms. The Morgan fingerprint density at radius 3 is 2.78 bits per heavy atom. The third-order valence-electron chi connectivity index (χ3n) is 3.25. The lowest BCUT2D eigenvalue weighted by Crippen LogP contribution is -1.99. The molecule has 3 rings (SSSR count). The van der Waals surface area contributed by atoms with Crippen LogP contribution in [-0.4, -0.2) is 17.3 Å². The van der Waals surface area contributed by atoms with Crippen molar-refractivity contribution in [1.82, 2.24) is 10.1 Å². The number of nitriles is 1. The Morgan fingerprint density at radius 2 is 2.04 bits per heavy atom. The van der Waals surface area contributed by atoms with Crippen LogP contribution in [-0.2, 0) is 6.54 Å². The average Bonchev–Trinajstić information content (AvgIpc) is 3.09. The number of nitrogens with zero attached hydrogens (tertiary/aromatic N) is 3. The highest BCUT2D eigenvalue weighted by molar-refractivity contribution is 5.55. The standard InChI is InChI=1S/C17H14N4O2/c1-22-15-7-5-13(6-8-15)17-20-16(23-21-17)11-19-14-4-2-3-12(9-14)10-18/h2-9,19H,11H2,1H3. The van der Waals surface area contributed by atoms with Crippen molar-refractivity contribution in [2.24, 2.45) is 0 Å². The number of methoxy groups -OCH3 is 1. The van der Waals surface area contributed by atoms with Crippen molar-refractivity contribution in [3.05, 3.63) is 60.0 Å². The molecule has 0 aliphatic rings. The minimum absolute atomic E-state index is 0.387. The van der Waals surface area contributed by atoms with Gasteiger partial charge < -0.3 is 14.6 Å². The molecule has 1 aromatic heterocycles. The monoisotopic (exact) mass is 306 g/mol. The van der Waals surface area contributed by atoms with Crippen molar-refractivity contribution in [3.8, 4) is 23.2 Å². The van der Waals surface area contributed by atoms with Crippen LogP contribution in [0.15, 0.2) is 53.1 Å². The molecule has 6 nitrogen and oxygen atoms in total. The molecule has 0 spiro atoms. The summed E-state index contributed by atoms with van der Waals surface area (Å²) < 4.78 is 10.4. The fourth-order valence-corrected chi connectivity index (χ4v) is 2.06. The third-order valence-corrected chi connectivity index (χ3v) is 3.25. The molecule has 2 aromatic carbocycles. The Labute approximate surface area is 133 Å². The molecule has 0 unspecified atom stereocenters. The summed E-state index contributed by atoms with van der Waals surface area (Å²) >= 11 is 0. The van der Waals surface area contributed by atoms with E-state index in [9.17, 15) is 0 Å². The van der Waals surface area contributed by atoms with Gasteiger partial charge in [-0.25, -0.2) is 0 Å². The molecule has 0 aliphatic carbocycles. The molecule has 0 amide bonds. The van der Waals surface area contributed by atoms with E-state index in [1.54, 1.807) is 19.2 Å². The summed E-state index contributed by atoms with van der Waals surface area (Å²) in [5.74, 6) is 1.77. The number of ether oxygens (including phenoxy) is 1. The Hall–Kier alpha value is -3.33. The maximum absolute atomic E-state index is 8.89. The van der Waals surface area contributed by atoms with Crippen LogP contribution < -0.4 is 10.1 Å². The molecular weight excluding hydrogens is 292 g/mol. The van der Waals surface area contributed by atoms with Crippen LogP contribution in [0, 0.1) is 11.3 Å². The van der Waals surface area contributed by atoms with Gasteiger partial charge in [0.15, 0.2) is 0 Å². The van der Waals surface area contributed by atoms with Gasteiger partial charge in [0.05, 0.1) is 25.3 Å². The molecule has 114 valence electrons. The van der Waals surface area contributed by atoms with E-state index >= 15 is 0 Å². The van der Waals surface area contributed by atoms with E-state index in [2.05, 4.69) is 21.5 Å². The highest BCUT2D eigenvalue weighted by atomic mass is 16.5. The molecule has 0 fully saturated rings. The average molecular weight is 306 g/mol. The summed E-state index contributed by atoms with van der Waals surface area (Å²) in [6.07, 6.45) is 0. The van der Waals surface area contributed by atoms with E-state index in [0.717, 1.165) is 17.0 Å². The van der Waals surface area contributed by atoms with Gasteiger partial charge in [-0.3, -0.25) is 0 Å². The zero-order chi connectivity index (χ0) is 16.1. The van der Waals surface area contributed by atoms with E-state index in [1.807, 2.05) is 36.4 Å². The predicted molar refractivity (Wildman–Crippen MR) is 84.8 cm³/mol. The van der Waals surface area contributed by atoms with E-state index in [4.69, 9.17) is 14.5 Å². The number of hydrogen-bond acceptors (Lipinski definition) is 6. The first kappa shape index (κ1) is 14.6. The second-order valence-electron chi connectivity index (χ2n) is 4.79. The van der Waals surface area contributed by atoms with Crippen molar-refractivity contribution in [2.45, 2.75) is 6.54 Å². The Bertz CT molecular complexity index is 834.